The zero-order valence-electron chi connectivity index (χ0n) is 15.5. The number of hydrogen-bond donors (Lipinski definition) is 1. The number of benzene rings is 3. The molecule has 3 aromatic carbocycles. The molecule has 0 aliphatic carbocycles. The molecule has 0 bridgehead atoms. The lowest BCUT2D eigenvalue weighted by Crippen LogP contribution is -2.30. The molecule has 0 saturated carbocycles. The zero-order valence-corrected chi connectivity index (χ0v) is 17.9. The number of rotatable bonds is 6. The summed E-state index contributed by atoms with van der Waals surface area (Å²) in [7, 11) is -3.72. The first-order chi connectivity index (χ1) is 14.0. The third-order valence-electron chi connectivity index (χ3n) is 4.66. The first kappa shape index (κ1) is 19.9. The molecule has 0 spiro atoms. The Morgan fingerprint density at radius 3 is 2.41 bits per heavy atom. The number of ether oxygens (including phenoxy) is 2. The summed E-state index contributed by atoms with van der Waals surface area (Å²) in [5.74, 6) is 1.31. The van der Waals surface area contributed by atoms with Crippen LogP contribution in [-0.4, -0.2) is 21.6 Å². The molecule has 1 atom stereocenters. The molecule has 1 N–H and O–H groups in total. The summed E-state index contributed by atoms with van der Waals surface area (Å²) in [5.41, 5.74) is 1.85. The van der Waals surface area contributed by atoms with Crippen LogP contribution >= 0.6 is 15.9 Å². The summed E-state index contributed by atoms with van der Waals surface area (Å²) < 4.78 is 41.0. The Bertz CT molecular complexity index is 1100. The van der Waals surface area contributed by atoms with Crippen LogP contribution in [0.5, 0.6) is 11.5 Å². The number of hydrogen-bond acceptors (Lipinski definition) is 4. The third-order valence-corrected chi connectivity index (χ3v) is 6.62. The second-order valence-corrected chi connectivity index (χ2v) is 9.35. The maximum atomic E-state index is 13.1. The SMILES string of the molecule is O=S(=O)(NC(Cc1ccccc1)c1ccc2c(c1)OCCO2)c1cccc(Br)c1. The monoisotopic (exact) mass is 473 g/mol. The lowest BCUT2D eigenvalue weighted by molar-refractivity contribution is 0.171. The Kier molecular flexibility index (Phi) is 5.89. The molecule has 5 nitrogen and oxygen atoms in total. The molecule has 0 amide bonds. The molecule has 1 heterocycles. The van der Waals surface area contributed by atoms with Crippen LogP contribution in [0.15, 0.2) is 82.2 Å². The topological polar surface area (TPSA) is 64.6 Å². The van der Waals surface area contributed by atoms with Crippen molar-refractivity contribution in [3.63, 3.8) is 0 Å². The third kappa shape index (κ3) is 4.80. The van der Waals surface area contributed by atoms with Crippen molar-refractivity contribution in [1.29, 1.82) is 0 Å². The molecule has 29 heavy (non-hydrogen) atoms. The van der Waals surface area contributed by atoms with E-state index in [1.165, 1.54) is 0 Å². The van der Waals surface area contributed by atoms with Crippen LogP contribution in [0.1, 0.15) is 17.2 Å². The Hall–Kier alpha value is -2.35. The van der Waals surface area contributed by atoms with Crippen molar-refractivity contribution in [2.24, 2.45) is 0 Å². The molecule has 7 heteroatoms. The molecule has 0 saturated heterocycles. The Morgan fingerprint density at radius 1 is 0.897 bits per heavy atom. The summed E-state index contributed by atoms with van der Waals surface area (Å²) in [5, 5.41) is 0. The summed E-state index contributed by atoms with van der Waals surface area (Å²) in [4.78, 5) is 0.211. The molecule has 1 unspecified atom stereocenters. The maximum absolute atomic E-state index is 13.1. The van der Waals surface area contributed by atoms with Crippen LogP contribution in [0, 0.1) is 0 Å². The minimum atomic E-state index is -3.72. The van der Waals surface area contributed by atoms with E-state index in [0.29, 0.717) is 35.6 Å². The molecular formula is C22H20BrNO4S. The first-order valence-electron chi connectivity index (χ1n) is 9.23. The van der Waals surface area contributed by atoms with Gasteiger partial charge < -0.3 is 9.47 Å². The predicted molar refractivity (Wildman–Crippen MR) is 115 cm³/mol. The van der Waals surface area contributed by atoms with Crippen LogP contribution in [0.25, 0.3) is 0 Å². The van der Waals surface area contributed by atoms with Crippen molar-refractivity contribution in [2.75, 3.05) is 13.2 Å². The van der Waals surface area contributed by atoms with Crippen LogP contribution in [0.2, 0.25) is 0 Å². The van der Waals surface area contributed by atoms with Gasteiger partial charge in [-0.25, -0.2) is 13.1 Å². The van der Waals surface area contributed by atoms with Gasteiger partial charge in [-0.3, -0.25) is 0 Å². The summed E-state index contributed by atoms with van der Waals surface area (Å²) in [6.07, 6.45) is 0.508. The van der Waals surface area contributed by atoms with E-state index in [0.717, 1.165) is 11.1 Å². The standard InChI is InChI=1S/C22H20BrNO4S/c23-18-7-4-8-19(15-18)29(25,26)24-20(13-16-5-2-1-3-6-16)17-9-10-21-22(14-17)28-12-11-27-21/h1-10,14-15,20,24H,11-13H2. The van der Waals surface area contributed by atoms with Crippen LogP contribution in [0.4, 0.5) is 0 Å². The van der Waals surface area contributed by atoms with Gasteiger partial charge in [0, 0.05) is 4.47 Å². The normalized spacial score (nSPS) is 14.4. The predicted octanol–water partition coefficient (Wildman–Crippen LogP) is 4.48. The van der Waals surface area contributed by atoms with Crippen molar-refractivity contribution in [2.45, 2.75) is 17.4 Å². The van der Waals surface area contributed by atoms with Crippen LogP contribution in [0.3, 0.4) is 0 Å². The van der Waals surface area contributed by atoms with Gasteiger partial charge in [0.1, 0.15) is 13.2 Å². The average molecular weight is 474 g/mol. The summed E-state index contributed by atoms with van der Waals surface area (Å²) in [6, 6.07) is 21.6. The van der Waals surface area contributed by atoms with E-state index >= 15 is 0 Å². The molecular weight excluding hydrogens is 454 g/mol. The van der Waals surface area contributed by atoms with Crippen LogP contribution < -0.4 is 14.2 Å². The fourth-order valence-electron chi connectivity index (χ4n) is 3.24. The Balaban J connectivity index is 1.69. The van der Waals surface area contributed by atoms with Crippen molar-refractivity contribution in [3.8, 4) is 11.5 Å². The lowest BCUT2D eigenvalue weighted by Gasteiger charge is -2.23. The highest BCUT2D eigenvalue weighted by atomic mass is 79.9. The van der Waals surface area contributed by atoms with Gasteiger partial charge in [-0.15, -0.1) is 0 Å². The second kappa shape index (κ2) is 8.57. The van der Waals surface area contributed by atoms with Gasteiger partial charge in [0.15, 0.2) is 11.5 Å². The highest BCUT2D eigenvalue weighted by Crippen LogP contribution is 2.34. The molecule has 150 valence electrons. The molecule has 1 aliphatic rings. The number of fused-ring (bicyclic) bond motifs is 1. The van der Waals surface area contributed by atoms with E-state index < -0.39 is 16.1 Å². The number of halogens is 1. The maximum Gasteiger partial charge on any atom is 0.241 e. The largest absolute Gasteiger partial charge is 0.486 e. The van der Waals surface area contributed by atoms with Gasteiger partial charge in [-0.1, -0.05) is 58.4 Å². The first-order valence-corrected chi connectivity index (χ1v) is 11.5. The number of sulfonamides is 1. The lowest BCUT2D eigenvalue weighted by atomic mass is 9.99. The van der Waals surface area contributed by atoms with Crippen molar-refractivity contribution < 1.29 is 17.9 Å². The molecule has 4 rings (SSSR count). The van der Waals surface area contributed by atoms with Gasteiger partial charge >= 0.3 is 0 Å². The summed E-state index contributed by atoms with van der Waals surface area (Å²) >= 11 is 3.34. The Morgan fingerprint density at radius 2 is 1.66 bits per heavy atom. The summed E-state index contributed by atoms with van der Waals surface area (Å²) in [6.45, 7) is 0.985. The van der Waals surface area contributed by atoms with E-state index in [2.05, 4.69) is 20.7 Å². The van der Waals surface area contributed by atoms with Crippen molar-refractivity contribution in [1.82, 2.24) is 4.72 Å². The Labute approximate surface area is 178 Å². The van der Waals surface area contributed by atoms with Gasteiger partial charge in [0.25, 0.3) is 0 Å². The highest BCUT2D eigenvalue weighted by Gasteiger charge is 2.24. The van der Waals surface area contributed by atoms with E-state index in [9.17, 15) is 8.42 Å². The quantitative estimate of drug-likeness (QED) is 0.572. The zero-order chi connectivity index (χ0) is 20.3. The van der Waals surface area contributed by atoms with Crippen LogP contribution in [-0.2, 0) is 16.4 Å². The molecule has 0 radical (unpaired) electrons. The minimum absolute atomic E-state index is 0.211. The van der Waals surface area contributed by atoms with E-state index in [4.69, 9.17) is 9.47 Å². The molecule has 1 aliphatic heterocycles. The molecule has 3 aromatic rings. The van der Waals surface area contributed by atoms with Gasteiger partial charge in [0.05, 0.1) is 10.9 Å². The highest BCUT2D eigenvalue weighted by molar-refractivity contribution is 9.10. The van der Waals surface area contributed by atoms with Crippen molar-refractivity contribution in [3.05, 3.63) is 88.4 Å². The van der Waals surface area contributed by atoms with E-state index in [1.54, 1.807) is 24.3 Å². The van der Waals surface area contributed by atoms with E-state index in [-0.39, 0.29) is 4.90 Å². The van der Waals surface area contributed by atoms with Gasteiger partial charge in [0.2, 0.25) is 10.0 Å². The second-order valence-electron chi connectivity index (χ2n) is 6.72. The fourth-order valence-corrected chi connectivity index (χ4v) is 5.06. The molecule has 0 fully saturated rings. The van der Waals surface area contributed by atoms with E-state index in [1.807, 2.05) is 48.5 Å². The molecule has 0 aromatic heterocycles. The van der Waals surface area contributed by atoms with Gasteiger partial charge in [-0.05, 0) is 47.9 Å². The van der Waals surface area contributed by atoms with Gasteiger partial charge in [-0.2, -0.15) is 0 Å². The smallest absolute Gasteiger partial charge is 0.241 e. The minimum Gasteiger partial charge on any atom is -0.486 e. The fraction of sp³-hybridized carbons (Fsp3) is 0.182. The average Bonchev–Trinajstić information content (AvgIpc) is 2.73. The van der Waals surface area contributed by atoms with Crippen molar-refractivity contribution >= 4 is 26.0 Å². The number of nitrogens with one attached hydrogen (secondary N) is 1.